The number of nitrogens with zero attached hydrogens (tertiary/aromatic N) is 5. The predicted molar refractivity (Wildman–Crippen MR) is 104 cm³/mol. The highest BCUT2D eigenvalue weighted by atomic mass is 35.5. The average molecular weight is 402 g/mol. The van der Waals surface area contributed by atoms with Gasteiger partial charge in [0, 0.05) is 40.1 Å². The summed E-state index contributed by atoms with van der Waals surface area (Å²) in [6, 6.07) is 1.82. The SMILES string of the molecule is COCCCNC(=NCc1cc(Cl)c(Cl)n1C)NCc1nnc(C)n1C. The lowest BCUT2D eigenvalue weighted by molar-refractivity contribution is 0.195. The van der Waals surface area contributed by atoms with E-state index in [0.29, 0.717) is 35.8 Å². The van der Waals surface area contributed by atoms with Gasteiger partial charge < -0.3 is 24.5 Å². The fraction of sp³-hybridized carbons (Fsp3) is 0.562. The van der Waals surface area contributed by atoms with Crippen LogP contribution in [0.1, 0.15) is 23.8 Å². The van der Waals surface area contributed by atoms with Gasteiger partial charge in [0.1, 0.15) is 11.0 Å². The second-order valence-corrected chi connectivity index (χ2v) is 6.61. The third kappa shape index (κ3) is 5.36. The van der Waals surface area contributed by atoms with Crippen molar-refractivity contribution < 1.29 is 4.74 Å². The van der Waals surface area contributed by atoms with E-state index >= 15 is 0 Å². The molecule has 8 nitrogen and oxygen atoms in total. The van der Waals surface area contributed by atoms with Gasteiger partial charge in [0.05, 0.1) is 18.1 Å². The lowest BCUT2D eigenvalue weighted by Crippen LogP contribution is -2.38. The summed E-state index contributed by atoms with van der Waals surface area (Å²) in [5.74, 6) is 2.37. The van der Waals surface area contributed by atoms with Gasteiger partial charge in [-0.05, 0) is 19.4 Å². The molecule has 0 bridgehead atoms. The number of aromatic nitrogens is 4. The van der Waals surface area contributed by atoms with Gasteiger partial charge in [-0.1, -0.05) is 23.2 Å². The van der Waals surface area contributed by atoms with Crippen LogP contribution in [0.4, 0.5) is 0 Å². The van der Waals surface area contributed by atoms with Crippen LogP contribution in [0.15, 0.2) is 11.1 Å². The number of rotatable bonds is 8. The van der Waals surface area contributed by atoms with E-state index in [1.807, 2.05) is 36.2 Å². The Bertz CT molecular complexity index is 754. The molecule has 0 fully saturated rings. The van der Waals surface area contributed by atoms with Gasteiger partial charge in [0.25, 0.3) is 0 Å². The fourth-order valence-electron chi connectivity index (χ4n) is 2.27. The van der Waals surface area contributed by atoms with E-state index in [1.54, 1.807) is 7.11 Å². The van der Waals surface area contributed by atoms with Gasteiger partial charge in [-0.2, -0.15) is 0 Å². The first-order valence-electron chi connectivity index (χ1n) is 8.29. The molecule has 10 heteroatoms. The summed E-state index contributed by atoms with van der Waals surface area (Å²) in [7, 11) is 5.48. The Kier molecular flexibility index (Phi) is 7.74. The molecule has 0 aliphatic carbocycles. The maximum absolute atomic E-state index is 6.11. The lowest BCUT2D eigenvalue weighted by atomic mass is 10.4. The minimum atomic E-state index is 0.445. The van der Waals surface area contributed by atoms with E-state index in [-0.39, 0.29) is 0 Å². The zero-order valence-electron chi connectivity index (χ0n) is 15.5. The normalized spacial score (nSPS) is 11.8. The molecular formula is C16H25Cl2N7O. The zero-order chi connectivity index (χ0) is 19.1. The molecular weight excluding hydrogens is 377 g/mol. The van der Waals surface area contributed by atoms with Crippen LogP contribution in [0, 0.1) is 6.92 Å². The monoisotopic (exact) mass is 401 g/mol. The molecule has 2 heterocycles. The van der Waals surface area contributed by atoms with Crippen LogP contribution in [0.2, 0.25) is 10.2 Å². The number of nitrogens with one attached hydrogen (secondary N) is 2. The first-order valence-corrected chi connectivity index (χ1v) is 9.05. The maximum Gasteiger partial charge on any atom is 0.192 e. The molecule has 0 aromatic carbocycles. The van der Waals surface area contributed by atoms with Crippen molar-refractivity contribution in [2.24, 2.45) is 19.1 Å². The van der Waals surface area contributed by atoms with Crippen LogP contribution >= 0.6 is 23.2 Å². The second kappa shape index (κ2) is 9.80. The van der Waals surface area contributed by atoms with E-state index in [4.69, 9.17) is 27.9 Å². The van der Waals surface area contributed by atoms with Crippen molar-refractivity contribution in [3.05, 3.63) is 33.6 Å². The predicted octanol–water partition coefficient (Wildman–Crippen LogP) is 2.04. The number of ether oxygens (including phenoxy) is 1. The van der Waals surface area contributed by atoms with Gasteiger partial charge >= 0.3 is 0 Å². The Morgan fingerprint density at radius 2 is 2.00 bits per heavy atom. The molecule has 0 saturated heterocycles. The molecule has 2 rings (SSSR count). The molecule has 2 aromatic heterocycles. The Labute approximate surface area is 163 Å². The topological polar surface area (TPSA) is 81.3 Å². The lowest BCUT2D eigenvalue weighted by Gasteiger charge is -2.12. The number of methoxy groups -OCH3 is 1. The van der Waals surface area contributed by atoms with Gasteiger partial charge in [-0.15, -0.1) is 10.2 Å². The number of aryl methyl sites for hydroxylation is 1. The van der Waals surface area contributed by atoms with Crippen molar-refractivity contribution in [3.63, 3.8) is 0 Å². The first-order chi connectivity index (χ1) is 12.4. The average Bonchev–Trinajstić information content (AvgIpc) is 3.07. The largest absolute Gasteiger partial charge is 0.385 e. The van der Waals surface area contributed by atoms with Crippen LogP contribution in [-0.4, -0.2) is 45.6 Å². The molecule has 0 radical (unpaired) electrons. The Morgan fingerprint density at radius 3 is 2.58 bits per heavy atom. The van der Waals surface area contributed by atoms with Crippen LogP contribution in [-0.2, 0) is 31.9 Å². The number of hydrogen-bond donors (Lipinski definition) is 2. The highest BCUT2D eigenvalue weighted by molar-refractivity contribution is 6.41. The third-order valence-corrected chi connectivity index (χ3v) is 4.87. The van der Waals surface area contributed by atoms with Crippen LogP contribution in [0.5, 0.6) is 0 Å². The van der Waals surface area contributed by atoms with Crippen LogP contribution in [0.3, 0.4) is 0 Å². The zero-order valence-corrected chi connectivity index (χ0v) is 17.0. The maximum atomic E-state index is 6.11. The Balaban J connectivity index is 2.03. The van der Waals surface area contributed by atoms with Crippen molar-refractivity contribution in [2.45, 2.75) is 26.4 Å². The van der Waals surface area contributed by atoms with E-state index < -0.39 is 0 Å². The van der Waals surface area contributed by atoms with E-state index in [1.165, 1.54) is 0 Å². The number of hydrogen-bond acceptors (Lipinski definition) is 4. The molecule has 0 saturated carbocycles. The highest BCUT2D eigenvalue weighted by Gasteiger charge is 2.10. The van der Waals surface area contributed by atoms with E-state index in [0.717, 1.165) is 30.3 Å². The standard InChI is InChI=1S/C16H25Cl2N7O/c1-11-22-23-14(24(11)2)10-21-16(19-6-5-7-26-4)20-9-12-8-13(17)15(18)25(12)3/h8H,5-7,9-10H2,1-4H3,(H2,19,20,21). The highest BCUT2D eigenvalue weighted by Crippen LogP contribution is 2.25. The van der Waals surface area contributed by atoms with Crippen molar-refractivity contribution in [2.75, 3.05) is 20.3 Å². The van der Waals surface area contributed by atoms with Gasteiger partial charge in [0.15, 0.2) is 11.8 Å². The fourth-order valence-corrected chi connectivity index (χ4v) is 2.68. The van der Waals surface area contributed by atoms with Crippen molar-refractivity contribution >= 4 is 29.2 Å². The number of aliphatic imine (C=N–C) groups is 1. The summed E-state index contributed by atoms with van der Waals surface area (Å²) in [5, 5.41) is 15.8. The molecule has 0 atom stereocenters. The summed E-state index contributed by atoms with van der Waals surface area (Å²) in [5.41, 5.74) is 0.924. The summed E-state index contributed by atoms with van der Waals surface area (Å²) < 4.78 is 8.84. The van der Waals surface area contributed by atoms with Gasteiger partial charge in [0.2, 0.25) is 0 Å². The smallest absolute Gasteiger partial charge is 0.192 e. The van der Waals surface area contributed by atoms with E-state index in [2.05, 4.69) is 25.8 Å². The van der Waals surface area contributed by atoms with Gasteiger partial charge in [-0.25, -0.2) is 4.99 Å². The molecule has 0 amide bonds. The van der Waals surface area contributed by atoms with Crippen LogP contribution < -0.4 is 10.6 Å². The van der Waals surface area contributed by atoms with E-state index in [9.17, 15) is 0 Å². The molecule has 144 valence electrons. The summed E-state index contributed by atoms with van der Waals surface area (Å²) in [6.07, 6.45) is 0.877. The number of halogens is 2. The third-order valence-electron chi connectivity index (χ3n) is 4.03. The molecule has 2 N–H and O–H groups in total. The van der Waals surface area contributed by atoms with Crippen molar-refractivity contribution in [1.82, 2.24) is 30.0 Å². The Hall–Kier alpha value is -1.77. The molecule has 0 aliphatic rings. The van der Waals surface area contributed by atoms with Gasteiger partial charge in [-0.3, -0.25) is 0 Å². The van der Waals surface area contributed by atoms with Crippen molar-refractivity contribution in [1.29, 1.82) is 0 Å². The Morgan fingerprint density at radius 1 is 1.23 bits per heavy atom. The first kappa shape index (κ1) is 20.5. The summed E-state index contributed by atoms with van der Waals surface area (Å²) in [4.78, 5) is 4.62. The molecule has 0 spiro atoms. The molecule has 2 aromatic rings. The summed E-state index contributed by atoms with van der Waals surface area (Å²) >= 11 is 12.2. The summed E-state index contributed by atoms with van der Waals surface area (Å²) in [6.45, 7) is 4.30. The second-order valence-electron chi connectivity index (χ2n) is 5.85. The minimum absolute atomic E-state index is 0.445. The molecule has 0 aliphatic heterocycles. The minimum Gasteiger partial charge on any atom is -0.385 e. The quantitative estimate of drug-likeness (QED) is 0.401. The van der Waals surface area contributed by atoms with Crippen molar-refractivity contribution in [3.8, 4) is 0 Å². The molecule has 26 heavy (non-hydrogen) atoms. The van der Waals surface area contributed by atoms with Crippen LogP contribution in [0.25, 0.3) is 0 Å². The number of guanidine groups is 1. The molecule has 0 unspecified atom stereocenters.